The van der Waals surface area contributed by atoms with Crippen LogP contribution in [0.4, 0.5) is 8.78 Å². The molecule has 0 saturated carbocycles. The first-order valence-electron chi connectivity index (χ1n) is 4.85. The summed E-state index contributed by atoms with van der Waals surface area (Å²) in [6, 6.07) is 1.23. The van der Waals surface area contributed by atoms with Crippen molar-refractivity contribution in [1.29, 1.82) is 5.26 Å². The minimum absolute atomic E-state index is 0.0237. The van der Waals surface area contributed by atoms with E-state index in [0.717, 1.165) is 4.68 Å². The van der Waals surface area contributed by atoms with Gasteiger partial charge in [0.2, 0.25) is 0 Å². The zero-order valence-corrected chi connectivity index (χ0v) is 8.77. The van der Waals surface area contributed by atoms with Crippen LogP contribution in [0, 0.1) is 11.3 Å². The Balaban J connectivity index is 3.14. The zero-order valence-electron chi connectivity index (χ0n) is 8.77. The minimum atomic E-state index is -2.75. The molecule has 0 amide bonds. The molecular formula is C9H12F2N4O. The first kappa shape index (κ1) is 12.5. The quantitative estimate of drug-likeness (QED) is 0.825. The molecule has 5 nitrogen and oxygen atoms in total. The molecule has 1 unspecified atom stereocenters. The summed E-state index contributed by atoms with van der Waals surface area (Å²) in [5, 5.41) is 24.6. The lowest BCUT2D eigenvalue weighted by molar-refractivity contribution is 0.126. The molecule has 0 aliphatic heterocycles. The molecule has 0 saturated heterocycles. The van der Waals surface area contributed by atoms with Crippen molar-refractivity contribution < 1.29 is 13.9 Å². The maximum absolute atomic E-state index is 12.8. The third-order valence-electron chi connectivity index (χ3n) is 2.29. The SMILES string of the molecule is CCC(CO)n1nnc(CC#N)c1C(F)F. The number of aliphatic hydroxyl groups is 1. The first-order valence-corrected chi connectivity index (χ1v) is 4.85. The van der Waals surface area contributed by atoms with Crippen molar-refractivity contribution in [3.63, 3.8) is 0 Å². The van der Waals surface area contributed by atoms with E-state index in [1.807, 2.05) is 0 Å². The lowest BCUT2D eigenvalue weighted by Gasteiger charge is -2.14. The summed E-state index contributed by atoms with van der Waals surface area (Å²) >= 11 is 0. The van der Waals surface area contributed by atoms with E-state index in [2.05, 4.69) is 10.3 Å². The molecule has 0 radical (unpaired) electrons. The second-order valence-electron chi connectivity index (χ2n) is 3.25. The fourth-order valence-electron chi connectivity index (χ4n) is 1.41. The summed E-state index contributed by atoms with van der Waals surface area (Å²) < 4.78 is 26.6. The lowest BCUT2D eigenvalue weighted by Crippen LogP contribution is -2.17. The van der Waals surface area contributed by atoms with Gasteiger partial charge < -0.3 is 5.11 Å². The number of nitriles is 1. The summed E-state index contributed by atoms with van der Waals surface area (Å²) in [4.78, 5) is 0. The van der Waals surface area contributed by atoms with Gasteiger partial charge in [0.1, 0.15) is 11.4 Å². The van der Waals surface area contributed by atoms with Gasteiger partial charge in [-0.2, -0.15) is 5.26 Å². The van der Waals surface area contributed by atoms with Crippen LogP contribution >= 0.6 is 0 Å². The second kappa shape index (κ2) is 5.51. The van der Waals surface area contributed by atoms with Crippen LogP contribution in [0.1, 0.15) is 37.2 Å². The smallest absolute Gasteiger partial charge is 0.281 e. The Morgan fingerprint density at radius 3 is 2.69 bits per heavy atom. The molecule has 0 aromatic carbocycles. The number of halogens is 2. The van der Waals surface area contributed by atoms with Gasteiger partial charge in [0, 0.05) is 0 Å². The summed E-state index contributed by atoms with van der Waals surface area (Å²) in [6.07, 6.45) is -2.49. The molecular weight excluding hydrogens is 218 g/mol. The van der Waals surface area contributed by atoms with Crippen LogP contribution in [0.2, 0.25) is 0 Å². The highest BCUT2D eigenvalue weighted by molar-refractivity contribution is 5.16. The van der Waals surface area contributed by atoms with Crippen LogP contribution in [-0.4, -0.2) is 26.7 Å². The van der Waals surface area contributed by atoms with Crippen molar-refractivity contribution in [2.24, 2.45) is 0 Å². The maximum atomic E-state index is 12.8. The summed E-state index contributed by atoms with van der Waals surface area (Å²) in [5.41, 5.74) is -0.396. The average molecular weight is 230 g/mol. The molecule has 0 spiro atoms. The van der Waals surface area contributed by atoms with E-state index in [0.29, 0.717) is 6.42 Å². The van der Waals surface area contributed by atoms with Crippen molar-refractivity contribution in [1.82, 2.24) is 15.0 Å². The molecule has 1 N–H and O–H groups in total. The molecule has 1 aromatic rings. The van der Waals surface area contributed by atoms with Gasteiger partial charge in [-0.3, -0.25) is 0 Å². The highest BCUT2D eigenvalue weighted by Gasteiger charge is 2.24. The Bertz CT molecular complexity index is 381. The number of aliphatic hydroxyl groups excluding tert-OH is 1. The standard InChI is InChI=1S/C9H12F2N4O/c1-2-6(5-16)15-8(9(10)11)7(3-4-12)13-14-15/h6,9,16H,2-3,5H2,1H3. The van der Waals surface area contributed by atoms with Gasteiger partial charge in [-0.1, -0.05) is 12.1 Å². The predicted octanol–water partition coefficient (Wildman–Crippen LogP) is 1.23. The molecule has 16 heavy (non-hydrogen) atoms. The van der Waals surface area contributed by atoms with Gasteiger partial charge in [-0.15, -0.1) is 5.10 Å². The Hall–Kier alpha value is -1.55. The third kappa shape index (κ3) is 2.33. The van der Waals surface area contributed by atoms with Gasteiger partial charge in [0.05, 0.1) is 25.1 Å². The van der Waals surface area contributed by atoms with Crippen LogP contribution in [0.15, 0.2) is 0 Å². The summed E-state index contributed by atoms with van der Waals surface area (Å²) in [5.74, 6) is 0. The first-order chi connectivity index (χ1) is 7.65. The van der Waals surface area contributed by atoms with Crippen LogP contribution in [-0.2, 0) is 6.42 Å². The molecule has 1 atom stereocenters. The van der Waals surface area contributed by atoms with Gasteiger partial charge in [0.15, 0.2) is 0 Å². The van der Waals surface area contributed by atoms with Crippen LogP contribution in [0.3, 0.4) is 0 Å². The normalized spacial score (nSPS) is 12.8. The van der Waals surface area contributed by atoms with Crippen molar-refractivity contribution >= 4 is 0 Å². The van der Waals surface area contributed by atoms with Gasteiger partial charge in [-0.05, 0) is 6.42 Å². The van der Waals surface area contributed by atoms with Crippen molar-refractivity contribution in [3.8, 4) is 6.07 Å². The van der Waals surface area contributed by atoms with E-state index < -0.39 is 12.5 Å². The molecule has 1 rings (SSSR count). The van der Waals surface area contributed by atoms with Crippen molar-refractivity contribution in [2.75, 3.05) is 6.61 Å². The number of hydrogen-bond acceptors (Lipinski definition) is 4. The number of hydrogen-bond donors (Lipinski definition) is 1. The van der Waals surface area contributed by atoms with E-state index in [1.165, 1.54) is 0 Å². The van der Waals surface area contributed by atoms with Crippen LogP contribution in [0.5, 0.6) is 0 Å². The molecule has 0 fully saturated rings. The number of alkyl halides is 2. The Kier molecular flexibility index (Phi) is 4.31. The number of nitrogens with zero attached hydrogens (tertiary/aromatic N) is 4. The van der Waals surface area contributed by atoms with E-state index in [-0.39, 0.29) is 24.4 Å². The summed E-state index contributed by atoms with van der Waals surface area (Å²) in [7, 11) is 0. The van der Waals surface area contributed by atoms with Crippen LogP contribution < -0.4 is 0 Å². The monoisotopic (exact) mass is 230 g/mol. The topological polar surface area (TPSA) is 74.7 Å². The van der Waals surface area contributed by atoms with E-state index in [4.69, 9.17) is 10.4 Å². The number of aromatic nitrogens is 3. The van der Waals surface area contributed by atoms with E-state index >= 15 is 0 Å². The lowest BCUT2D eigenvalue weighted by atomic mass is 10.2. The Morgan fingerprint density at radius 1 is 1.56 bits per heavy atom. The highest BCUT2D eigenvalue weighted by atomic mass is 19.3. The second-order valence-corrected chi connectivity index (χ2v) is 3.25. The predicted molar refractivity (Wildman–Crippen MR) is 50.7 cm³/mol. The molecule has 7 heteroatoms. The Morgan fingerprint density at radius 2 is 2.25 bits per heavy atom. The number of rotatable bonds is 5. The fourth-order valence-corrected chi connectivity index (χ4v) is 1.41. The average Bonchev–Trinajstić information content (AvgIpc) is 2.64. The van der Waals surface area contributed by atoms with E-state index in [1.54, 1.807) is 13.0 Å². The third-order valence-corrected chi connectivity index (χ3v) is 2.29. The van der Waals surface area contributed by atoms with Crippen molar-refractivity contribution in [3.05, 3.63) is 11.4 Å². The van der Waals surface area contributed by atoms with E-state index in [9.17, 15) is 8.78 Å². The molecule has 0 aliphatic rings. The minimum Gasteiger partial charge on any atom is -0.394 e. The van der Waals surface area contributed by atoms with Gasteiger partial charge in [-0.25, -0.2) is 13.5 Å². The van der Waals surface area contributed by atoms with Crippen LogP contribution in [0.25, 0.3) is 0 Å². The molecule has 0 bridgehead atoms. The summed E-state index contributed by atoms with van der Waals surface area (Å²) in [6.45, 7) is 1.47. The molecule has 1 aromatic heterocycles. The maximum Gasteiger partial charge on any atom is 0.281 e. The molecule has 1 heterocycles. The zero-order chi connectivity index (χ0) is 12.1. The molecule has 88 valence electrons. The fraction of sp³-hybridized carbons (Fsp3) is 0.667. The Labute approximate surface area is 91.3 Å². The largest absolute Gasteiger partial charge is 0.394 e. The van der Waals surface area contributed by atoms with Crippen molar-refractivity contribution in [2.45, 2.75) is 32.2 Å². The van der Waals surface area contributed by atoms with Gasteiger partial charge in [0.25, 0.3) is 6.43 Å². The van der Waals surface area contributed by atoms with Gasteiger partial charge >= 0.3 is 0 Å². The highest BCUT2D eigenvalue weighted by Crippen LogP contribution is 2.25. The molecule has 0 aliphatic carbocycles.